The first-order chi connectivity index (χ1) is 8.76. The Balaban J connectivity index is 2.50. The molecule has 0 saturated heterocycles. The highest BCUT2D eigenvalue weighted by Crippen LogP contribution is 2.14. The fraction of sp³-hybridized carbons (Fsp3) is 0.375. The summed E-state index contributed by atoms with van der Waals surface area (Å²) in [5.41, 5.74) is 2.54. The molecule has 18 heavy (non-hydrogen) atoms. The molecule has 2 heteroatoms. The van der Waals surface area contributed by atoms with Crippen molar-refractivity contribution < 1.29 is 4.74 Å². The molecule has 0 radical (unpaired) electrons. The van der Waals surface area contributed by atoms with Crippen molar-refractivity contribution in [1.29, 1.82) is 0 Å². The molecule has 1 rings (SSSR count). The molecule has 0 bridgehead atoms. The van der Waals surface area contributed by atoms with Crippen LogP contribution in [0.4, 0.5) is 0 Å². The zero-order valence-electron chi connectivity index (χ0n) is 11.4. The second-order valence-corrected chi connectivity index (χ2v) is 4.34. The van der Waals surface area contributed by atoms with Gasteiger partial charge < -0.3 is 10.1 Å². The van der Waals surface area contributed by atoms with Gasteiger partial charge in [-0.15, -0.1) is 0 Å². The Kier molecular flexibility index (Phi) is 6.89. The fourth-order valence-electron chi connectivity index (χ4n) is 1.61. The number of nitrogens with one attached hydrogen (secondary N) is 1. The first-order valence-corrected chi connectivity index (χ1v) is 6.48. The van der Waals surface area contributed by atoms with Crippen LogP contribution < -0.4 is 10.1 Å². The molecule has 0 heterocycles. The minimum absolute atomic E-state index is 0.551. The third-order valence-electron chi connectivity index (χ3n) is 2.49. The largest absolute Gasteiger partial charge is 0.490 e. The molecule has 0 fully saturated rings. The predicted molar refractivity (Wildman–Crippen MR) is 78.9 cm³/mol. The lowest BCUT2D eigenvalue weighted by molar-refractivity contribution is 0.363. The lowest BCUT2D eigenvalue weighted by Crippen LogP contribution is -2.16. The Labute approximate surface area is 110 Å². The molecule has 1 aromatic rings. The third kappa shape index (κ3) is 5.69. The molecule has 0 unspecified atom stereocenters. The standard InChI is InChI=1S/C16H23NO/c1-4-10-17-13-14(3)12-15-6-8-16(9-7-15)18-11-5-2/h5-9,12,17H,2,4,10-11,13H2,1,3H3. The Hall–Kier alpha value is -1.54. The average molecular weight is 245 g/mol. The van der Waals surface area contributed by atoms with Gasteiger partial charge in [-0.2, -0.15) is 0 Å². The lowest BCUT2D eigenvalue weighted by atomic mass is 10.1. The molecule has 1 N–H and O–H groups in total. The Morgan fingerprint density at radius 2 is 2.06 bits per heavy atom. The molecule has 2 nitrogen and oxygen atoms in total. The van der Waals surface area contributed by atoms with Gasteiger partial charge in [-0.05, 0) is 37.6 Å². The molecule has 0 aliphatic rings. The van der Waals surface area contributed by atoms with Crippen LogP contribution in [-0.4, -0.2) is 19.7 Å². The molecular formula is C16H23NO. The van der Waals surface area contributed by atoms with E-state index in [1.54, 1.807) is 6.08 Å². The number of hydrogen-bond donors (Lipinski definition) is 1. The molecule has 1 aromatic carbocycles. The van der Waals surface area contributed by atoms with Gasteiger partial charge in [0.1, 0.15) is 12.4 Å². The molecule has 98 valence electrons. The van der Waals surface area contributed by atoms with E-state index in [0.29, 0.717) is 6.61 Å². The topological polar surface area (TPSA) is 21.3 Å². The van der Waals surface area contributed by atoms with Gasteiger partial charge >= 0.3 is 0 Å². The van der Waals surface area contributed by atoms with Crippen molar-refractivity contribution in [2.24, 2.45) is 0 Å². The van der Waals surface area contributed by atoms with Crippen molar-refractivity contribution >= 4 is 6.08 Å². The van der Waals surface area contributed by atoms with Crippen LogP contribution in [0.3, 0.4) is 0 Å². The highest BCUT2D eigenvalue weighted by atomic mass is 16.5. The summed E-state index contributed by atoms with van der Waals surface area (Å²) in [5.74, 6) is 0.883. The summed E-state index contributed by atoms with van der Waals surface area (Å²) >= 11 is 0. The molecule has 0 amide bonds. The van der Waals surface area contributed by atoms with E-state index >= 15 is 0 Å². The maximum atomic E-state index is 5.44. The summed E-state index contributed by atoms with van der Waals surface area (Å²) < 4.78 is 5.44. The second kappa shape index (κ2) is 8.54. The van der Waals surface area contributed by atoms with Gasteiger partial charge in [-0.3, -0.25) is 0 Å². The van der Waals surface area contributed by atoms with E-state index in [-0.39, 0.29) is 0 Å². The maximum Gasteiger partial charge on any atom is 0.119 e. The number of rotatable bonds is 8. The summed E-state index contributed by atoms with van der Waals surface area (Å²) in [7, 11) is 0. The van der Waals surface area contributed by atoms with Gasteiger partial charge in [0.2, 0.25) is 0 Å². The third-order valence-corrected chi connectivity index (χ3v) is 2.49. The summed E-state index contributed by atoms with van der Waals surface area (Å²) in [5, 5.41) is 3.39. The monoisotopic (exact) mass is 245 g/mol. The second-order valence-electron chi connectivity index (χ2n) is 4.34. The molecule has 0 spiro atoms. The first kappa shape index (κ1) is 14.5. The van der Waals surface area contributed by atoms with Crippen LogP contribution in [0, 0.1) is 0 Å². The van der Waals surface area contributed by atoms with E-state index < -0.39 is 0 Å². The minimum Gasteiger partial charge on any atom is -0.490 e. The van der Waals surface area contributed by atoms with Crippen molar-refractivity contribution in [3.8, 4) is 5.75 Å². The molecular weight excluding hydrogens is 222 g/mol. The van der Waals surface area contributed by atoms with E-state index in [2.05, 4.69) is 44.0 Å². The van der Waals surface area contributed by atoms with Crippen molar-refractivity contribution in [2.75, 3.05) is 19.7 Å². The summed E-state index contributed by atoms with van der Waals surface area (Å²) in [6, 6.07) is 8.12. The van der Waals surface area contributed by atoms with Crippen LogP contribution in [0.15, 0.2) is 42.5 Å². The Morgan fingerprint density at radius 3 is 2.67 bits per heavy atom. The lowest BCUT2D eigenvalue weighted by Gasteiger charge is -2.05. The summed E-state index contributed by atoms with van der Waals surface area (Å²) in [6.45, 7) is 10.5. The number of ether oxygens (including phenoxy) is 1. The molecule has 0 aliphatic carbocycles. The van der Waals surface area contributed by atoms with Crippen LogP contribution in [-0.2, 0) is 0 Å². The van der Waals surface area contributed by atoms with Crippen LogP contribution in [0.25, 0.3) is 6.08 Å². The quantitative estimate of drug-likeness (QED) is 0.557. The van der Waals surface area contributed by atoms with E-state index in [1.165, 1.54) is 17.6 Å². The first-order valence-electron chi connectivity index (χ1n) is 6.48. The van der Waals surface area contributed by atoms with Gasteiger partial charge in [0.15, 0.2) is 0 Å². The van der Waals surface area contributed by atoms with E-state index in [0.717, 1.165) is 18.8 Å². The summed E-state index contributed by atoms with van der Waals surface area (Å²) in [6.07, 6.45) is 5.11. The molecule has 0 saturated carbocycles. The molecule has 0 aromatic heterocycles. The number of hydrogen-bond acceptors (Lipinski definition) is 2. The zero-order chi connectivity index (χ0) is 13.2. The van der Waals surface area contributed by atoms with E-state index in [1.807, 2.05) is 12.1 Å². The van der Waals surface area contributed by atoms with E-state index in [9.17, 15) is 0 Å². The highest BCUT2D eigenvalue weighted by molar-refractivity contribution is 5.53. The zero-order valence-corrected chi connectivity index (χ0v) is 11.4. The van der Waals surface area contributed by atoms with Gasteiger partial charge in [0.05, 0.1) is 0 Å². The molecule has 0 atom stereocenters. The Bertz CT molecular complexity index is 379. The van der Waals surface area contributed by atoms with E-state index in [4.69, 9.17) is 4.74 Å². The van der Waals surface area contributed by atoms with Gasteiger partial charge in [0.25, 0.3) is 0 Å². The van der Waals surface area contributed by atoms with Crippen LogP contribution >= 0.6 is 0 Å². The average Bonchev–Trinajstić information content (AvgIpc) is 2.38. The Morgan fingerprint density at radius 1 is 1.33 bits per heavy atom. The van der Waals surface area contributed by atoms with Gasteiger partial charge in [0, 0.05) is 6.54 Å². The predicted octanol–water partition coefficient (Wildman–Crippen LogP) is 3.65. The highest BCUT2D eigenvalue weighted by Gasteiger charge is 1.94. The number of benzene rings is 1. The normalized spacial score (nSPS) is 11.3. The summed E-state index contributed by atoms with van der Waals surface area (Å²) in [4.78, 5) is 0. The van der Waals surface area contributed by atoms with Gasteiger partial charge in [-0.25, -0.2) is 0 Å². The van der Waals surface area contributed by atoms with Gasteiger partial charge in [-0.1, -0.05) is 43.4 Å². The van der Waals surface area contributed by atoms with Crippen molar-refractivity contribution in [2.45, 2.75) is 20.3 Å². The van der Waals surface area contributed by atoms with Crippen molar-refractivity contribution in [1.82, 2.24) is 5.32 Å². The van der Waals surface area contributed by atoms with Crippen LogP contribution in [0.5, 0.6) is 5.75 Å². The van der Waals surface area contributed by atoms with Crippen molar-refractivity contribution in [3.63, 3.8) is 0 Å². The molecule has 0 aliphatic heterocycles. The smallest absolute Gasteiger partial charge is 0.119 e. The maximum absolute atomic E-state index is 5.44. The fourth-order valence-corrected chi connectivity index (χ4v) is 1.61. The van der Waals surface area contributed by atoms with Crippen LogP contribution in [0.2, 0.25) is 0 Å². The van der Waals surface area contributed by atoms with Crippen LogP contribution in [0.1, 0.15) is 25.8 Å². The SMILES string of the molecule is C=CCOc1ccc(C=C(C)CNCCC)cc1. The minimum atomic E-state index is 0.551. The van der Waals surface area contributed by atoms with Crippen molar-refractivity contribution in [3.05, 3.63) is 48.1 Å².